The van der Waals surface area contributed by atoms with E-state index in [0.29, 0.717) is 18.9 Å². The van der Waals surface area contributed by atoms with E-state index in [1.807, 2.05) is 4.90 Å². The lowest BCUT2D eigenvalue weighted by molar-refractivity contribution is -0.119. The van der Waals surface area contributed by atoms with Crippen LogP contribution < -0.4 is 5.73 Å². The van der Waals surface area contributed by atoms with Gasteiger partial charge >= 0.3 is 0 Å². The molecule has 0 radical (unpaired) electrons. The highest BCUT2D eigenvalue weighted by molar-refractivity contribution is 5.88. The first-order valence-electron chi connectivity index (χ1n) is 7.71. The van der Waals surface area contributed by atoms with Gasteiger partial charge in [-0.3, -0.25) is 4.79 Å². The average Bonchev–Trinajstić information content (AvgIpc) is 2.91. The summed E-state index contributed by atoms with van der Waals surface area (Å²) in [5.41, 5.74) is 9.13. The highest BCUT2D eigenvalue weighted by Gasteiger charge is 2.40. The number of hydrogen-bond donors (Lipinski definition) is 2. The van der Waals surface area contributed by atoms with Crippen molar-refractivity contribution in [2.45, 2.75) is 31.2 Å². The molecule has 1 fully saturated rings. The van der Waals surface area contributed by atoms with Gasteiger partial charge in [0.1, 0.15) is 0 Å². The maximum absolute atomic E-state index is 11.3. The standard InChI is InChI=1S/C17H18N4O/c18-9-21-8-10(5-16(19)22)4-13-12-2-1-3-14-17(12)11(7-20-14)6-15(13)21/h1-3,7,10,13,15,20H,4-6,8H2,(H2,19,22)/t10-,13?,15-/m1/s1. The zero-order valence-electron chi connectivity index (χ0n) is 12.2. The highest BCUT2D eigenvalue weighted by atomic mass is 16.1. The van der Waals surface area contributed by atoms with Crippen LogP contribution in [0, 0.1) is 17.4 Å². The fourth-order valence-electron chi connectivity index (χ4n) is 4.34. The van der Waals surface area contributed by atoms with Gasteiger partial charge in [-0.25, -0.2) is 0 Å². The number of nitrogens with two attached hydrogens (primary N) is 1. The molecule has 112 valence electrons. The Hall–Kier alpha value is -2.48. The predicted octanol–water partition coefficient (Wildman–Crippen LogP) is 1.85. The number of fused-ring (bicyclic) bond motifs is 2. The number of aromatic amines is 1. The summed E-state index contributed by atoms with van der Waals surface area (Å²) in [4.78, 5) is 16.5. The zero-order chi connectivity index (χ0) is 15.3. The van der Waals surface area contributed by atoms with Crippen molar-refractivity contribution in [1.82, 2.24) is 9.88 Å². The zero-order valence-corrected chi connectivity index (χ0v) is 12.2. The van der Waals surface area contributed by atoms with Gasteiger partial charge in [-0.15, -0.1) is 0 Å². The SMILES string of the molecule is N#CN1C[C@@H](CC(N)=O)CC2c3cccc4[nH]cc(c34)C[C@H]21. The first kappa shape index (κ1) is 13.2. The third kappa shape index (κ3) is 1.87. The normalized spacial score (nSPS) is 26.5. The average molecular weight is 294 g/mol. The Bertz CT molecular complexity index is 788. The van der Waals surface area contributed by atoms with Gasteiger partial charge in [0, 0.05) is 36.0 Å². The van der Waals surface area contributed by atoms with Crippen LogP contribution in [-0.2, 0) is 11.2 Å². The molecule has 1 unspecified atom stereocenters. The number of rotatable bonds is 2. The molecule has 1 saturated heterocycles. The van der Waals surface area contributed by atoms with Gasteiger partial charge in [0.25, 0.3) is 0 Å². The Morgan fingerprint density at radius 3 is 3.14 bits per heavy atom. The minimum Gasteiger partial charge on any atom is -0.370 e. The second-order valence-corrected chi connectivity index (χ2v) is 6.49. The van der Waals surface area contributed by atoms with Crippen LogP contribution in [0.5, 0.6) is 0 Å². The smallest absolute Gasteiger partial charge is 0.217 e. The first-order valence-corrected chi connectivity index (χ1v) is 7.71. The van der Waals surface area contributed by atoms with Gasteiger partial charge in [-0.05, 0) is 36.0 Å². The quantitative estimate of drug-likeness (QED) is 0.829. The van der Waals surface area contributed by atoms with Gasteiger partial charge < -0.3 is 15.6 Å². The van der Waals surface area contributed by atoms with E-state index in [2.05, 4.69) is 35.6 Å². The summed E-state index contributed by atoms with van der Waals surface area (Å²) >= 11 is 0. The number of nitrogens with one attached hydrogen (secondary N) is 1. The minimum atomic E-state index is -0.280. The number of primary amides is 1. The first-order chi connectivity index (χ1) is 10.7. The van der Waals surface area contributed by atoms with Crippen LogP contribution in [0.4, 0.5) is 0 Å². The number of nitrogens with zero attached hydrogens (tertiary/aromatic N) is 2. The summed E-state index contributed by atoms with van der Waals surface area (Å²) in [5, 5.41) is 10.8. The lowest BCUT2D eigenvalue weighted by Crippen LogP contribution is -2.48. The summed E-state index contributed by atoms with van der Waals surface area (Å²) in [6.07, 6.45) is 6.57. The number of hydrogen-bond acceptors (Lipinski definition) is 3. The van der Waals surface area contributed by atoms with E-state index in [1.165, 1.54) is 16.5 Å². The molecule has 2 aliphatic rings. The highest BCUT2D eigenvalue weighted by Crippen LogP contribution is 2.44. The topological polar surface area (TPSA) is 85.9 Å². The molecule has 1 aromatic heterocycles. The molecule has 3 atom stereocenters. The van der Waals surface area contributed by atoms with Crippen molar-refractivity contribution in [1.29, 1.82) is 5.26 Å². The number of nitriles is 1. The number of carbonyl (C=O) groups is 1. The van der Waals surface area contributed by atoms with Crippen LogP contribution in [0.2, 0.25) is 0 Å². The Balaban J connectivity index is 1.78. The number of piperidine rings is 1. The molecule has 2 heterocycles. The van der Waals surface area contributed by atoms with Crippen LogP contribution in [0.15, 0.2) is 24.4 Å². The number of aromatic nitrogens is 1. The molecule has 4 rings (SSSR count). The van der Waals surface area contributed by atoms with Gasteiger partial charge in [-0.1, -0.05) is 12.1 Å². The van der Waals surface area contributed by atoms with Crippen molar-refractivity contribution >= 4 is 16.8 Å². The summed E-state index contributed by atoms with van der Waals surface area (Å²) in [5.74, 6) is 0.177. The monoisotopic (exact) mass is 294 g/mol. The van der Waals surface area contributed by atoms with Crippen LogP contribution in [0.1, 0.15) is 29.9 Å². The molecular formula is C17H18N4O. The Labute approximate surface area is 128 Å². The number of H-pyrrole nitrogens is 1. The number of likely N-dealkylation sites (tertiary alicyclic amines) is 1. The fourth-order valence-corrected chi connectivity index (χ4v) is 4.34. The van der Waals surface area contributed by atoms with Crippen molar-refractivity contribution in [3.05, 3.63) is 35.5 Å². The molecule has 0 saturated carbocycles. The summed E-state index contributed by atoms with van der Waals surface area (Å²) in [6.45, 7) is 0.635. The fraction of sp³-hybridized carbons (Fsp3) is 0.412. The van der Waals surface area contributed by atoms with E-state index in [9.17, 15) is 10.1 Å². The van der Waals surface area contributed by atoms with E-state index < -0.39 is 0 Å². The lowest BCUT2D eigenvalue weighted by atomic mass is 9.72. The van der Waals surface area contributed by atoms with Gasteiger partial charge in [0.2, 0.25) is 5.91 Å². The van der Waals surface area contributed by atoms with Crippen LogP contribution in [-0.4, -0.2) is 28.4 Å². The van der Waals surface area contributed by atoms with E-state index >= 15 is 0 Å². The van der Waals surface area contributed by atoms with Gasteiger partial charge in [0.15, 0.2) is 6.19 Å². The molecule has 5 heteroatoms. The second kappa shape index (κ2) is 4.77. The number of benzene rings is 1. The van der Waals surface area contributed by atoms with Gasteiger partial charge in [0.05, 0.1) is 6.04 Å². The van der Waals surface area contributed by atoms with E-state index in [1.54, 1.807) is 0 Å². The van der Waals surface area contributed by atoms with Crippen molar-refractivity contribution in [2.75, 3.05) is 6.54 Å². The van der Waals surface area contributed by atoms with Crippen molar-refractivity contribution in [2.24, 2.45) is 11.7 Å². The largest absolute Gasteiger partial charge is 0.370 e. The Morgan fingerprint density at radius 1 is 1.50 bits per heavy atom. The minimum absolute atomic E-state index is 0.161. The second-order valence-electron chi connectivity index (χ2n) is 6.49. The molecule has 1 aromatic carbocycles. The summed E-state index contributed by atoms with van der Waals surface area (Å²) in [6, 6.07) is 6.52. The van der Waals surface area contributed by atoms with Crippen LogP contribution >= 0.6 is 0 Å². The summed E-state index contributed by atoms with van der Waals surface area (Å²) in [7, 11) is 0. The molecule has 1 amide bonds. The van der Waals surface area contributed by atoms with Crippen molar-refractivity contribution in [3.63, 3.8) is 0 Å². The molecular weight excluding hydrogens is 276 g/mol. The third-order valence-corrected chi connectivity index (χ3v) is 5.17. The molecule has 0 bridgehead atoms. The van der Waals surface area contributed by atoms with E-state index in [4.69, 9.17) is 5.73 Å². The Kier molecular flexibility index (Phi) is 2.86. The number of carbonyl (C=O) groups excluding carboxylic acids is 1. The maximum atomic E-state index is 11.3. The van der Waals surface area contributed by atoms with Crippen molar-refractivity contribution in [3.8, 4) is 6.19 Å². The number of amides is 1. The molecule has 1 aliphatic carbocycles. The maximum Gasteiger partial charge on any atom is 0.217 e. The van der Waals surface area contributed by atoms with Crippen LogP contribution in [0.3, 0.4) is 0 Å². The molecule has 5 nitrogen and oxygen atoms in total. The molecule has 1 aliphatic heterocycles. The van der Waals surface area contributed by atoms with E-state index in [0.717, 1.165) is 18.4 Å². The third-order valence-electron chi connectivity index (χ3n) is 5.17. The van der Waals surface area contributed by atoms with Crippen molar-refractivity contribution < 1.29 is 4.79 Å². The summed E-state index contributed by atoms with van der Waals surface area (Å²) < 4.78 is 0. The predicted molar refractivity (Wildman–Crippen MR) is 82.8 cm³/mol. The lowest BCUT2D eigenvalue weighted by Gasteiger charge is -2.44. The molecule has 2 aromatic rings. The molecule has 22 heavy (non-hydrogen) atoms. The molecule has 0 spiro atoms. The van der Waals surface area contributed by atoms with Crippen LogP contribution in [0.25, 0.3) is 10.9 Å². The van der Waals surface area contributed by atoms with E-state index in [-0.39, 0.29) is 17.9 Å². The van der Waals surface area contributed by atoms with Gasteiger partial charge in [-0.2, -0.15) is 5.26 Å². The molecule has 3 N–H and O–H groups in total. The Morgan fingerprint density at radius 2 is 2.36 bits per heavy atom.